The molecule has 1 aromatic heterocycles. The molecule has 0 spiro atoms. The molecule has 94 valence electrons. The van der Waals surface area contributed by atoms with Gasteiger partial charge >= 0.3 is 0 Å². The molecule has 1 aromatic rings. The summed E-state index contributed by atoms with van der Waals surface area (Å²) in [7, 11) is 1.62. The smallest absolute Gasteiger partial charge is 0.218 e. The lowest BCUT2D eigenvalue weighted by Gasteiger charge is -2.33. The second-order valence-corrected chi connectivity index (χ2v) is 4.45. The number of piperidine rings is 1. The first-order valence-corrected chi connectivity index (χ1v) is 6.14. The first-order valence-electron chi connectivity index (χ1n) is 6.14. The fourth-order valence-electron chi connectivity index (χ4n) is 2.36. The Bertz CT molecular complexity index is 356. The number of methoxy groups -OCH3 is 1. The molecule has 0 bridgehead atoms. The van der Waals surface area contributed by atoms with Gasteiger partial charge in [0.2, 0.25) is 5.88 Å². The number of nitrogens with zero attached hydrogens (tertiary/aromatic N) is 3. The second kappa shape index (κ2) is 5.82. The number of ether oxygens (including phenoxy) is 1. The lowest BCUT2D eigenvalue weighted by Crippen LogP contribution is -2.36. The van der Waals surface area contributed by atoms with E-state index < -0.39 is 0 Å². The zero-order chi connectivity index (χ0) is 12.1. The Morgan fingerprint density at radius 1 is 1.53 bits per heavy atom. The van der Waals surface area contributed by atoms with Crippen LogP contribution in [-0.2, 0) is 0 Å². The highest BCUT2D eigenvalue weighted by Gasteiger charge is 2.20. The van der Waals surface area contributed by atoms with E-state index in [1.54, 1.807) is 13.4 Å². The second-order valence-electron chi connectivity index (χ2n) is 4.45. The third kappa shape index (κ3) is 3.06. The average molecular weight is 236 g/mol. The van der Waals surface area contributed by atoms with Crippen LogP contribution in [-0.4, -0.2) is 36.7 Å². The number of hydrogen-bond donors (Lipinski definition) is 1. The van der Waals surface area contributed by atoms with Gasteiger partial charge in [0.15, 0.2) is 0 Å². The third-order valence-electron chi connectivity index (χ3n) is 3.25. The summed E-state index contributed by atoms with van der Waals surface area (Å²) in [6.07, 6.45) is 5.13. The molecule has 1 aliphatic heterocycles. The van der Waals surface area contributed by atoms with Gasteiger partial charge in [0.25, 0.3) is 0 Å². The maximum absolute atomic E-state index is 5.62. The van der Waals surface area contributed by atoms with Crippen LogP contribution in [0.3, 0.4) is 0 Å². The Morgan fingerprint density at radius 3 is 3.18 bits per heavy atom. The molecule has 17 heavy (non-hydrogen) atoms. The van der Waals surface area contributed by atoms with Gasteiger partial charge in [-0.05, 0) is 31.7 Å². The monoisotopic (exact) mass is 236 g/mol. The number of nitrogens with two attached hydrogens (primary N) is 1. The van der Waals surface area contributed by atoms with Crippen LogP contribution in [0.1, 0.15) is 19.3 Å². The van der Waals surface area contributed by atoms with Crippen LogP contribution in [0.25, 0.3) is 0 Å². The fraction of sp³-hybridized carbons (Fsp3) is 0.667. The van der Waals surface area contributed by atoms with Crippen LogP contribution in [0.2, 0.25) is 0 Å². The first kappa shape index (κ1) is 12.1. The maximum Gasteiger partial charge on any atom is 0.218 e. The fourth-order valence-corrected chi connectivity index (χ4v) is 2.36. The van der Waals surface area contributed by atoms with Crippen molar-refractivity contribution in [2.24, 2.45) is 11.7 Å². The molecular weight excluding hydrogens is 216 g/mol. The molecule has 0 amide bonds. The highest BCUT2D eigenvalue weighted by atomic mass is 16.5. The highest BCUT2D eigenvalue weighted by Crippen LogP contribution is 2.24. The van der Waals surface area contributed by atoms with Crippen LogP contribution in [0.5, 0.6) is 5.88 Å². The highest BCUT2D eigenvalue weighted by molar-refractivity contribution is 5.41. The van der Waals surface area contributed by atoms with Crippen molar-refractivity contribution in [2.75, 3.05) is 31.6 Å². The Hall–Kier alpha value is -1.36. The quantitative estimate of drug-likeness (QED) is 0.846. The van der Waals surface area contributed by atoms with E-state index in [1.807, 2.05) is 6.07 Å². The lowest BCUT2D eigenvalue weighted by atomic mass is 9.95. The number of anilines is 1. The van der Waals surface area contributed by atoms with E-state index >= 15 is 0 Å². The molecule has 2 N–H and O–H groups in total. The summed E-state index contributed by atoms with van der Waals surface area (Å²) in [6, 6.07) is 1.89. The molecule has 1 unspecified atom stereocenters. The van der Waals surface area contributed by atoms with Gasteiger partial charge in [0.05, 0.1) is 7.11 Å². The van der Waals surface area contributed by atoms with Gasteiger partial charge in [0, 0.05) is 19.2 Å². The van der Waals surface area contributed by atoms with Crippen LogP contribution < -0.4 is 15.4 Å². The summed E-state index contributed by atoms with van der Waals surface area (Å²) in [5.74, 6) is 2.27. The third-order valence-corrected chi connectivity index (χ3v) is 3.25. The van der Waals surface area contributed by atoms with E-state index in [0.29, 0.717) is 11.8 Å². The number of hydrogen-bond acceptors (Lipinski definition) is 5. The van der Waals surface area contributed by atoms with Gasteiger partial charge in [-0.2, -0.15) is 0 Å². The van der Waals surface area contributed by atoms with E-state index in [4.69, 9.17) is 10.5 Å². The zero-order valence-electron chi connectivity index (χ0n) is 10.3. The first-order chi connectivity index (χ1) is 8.33. The van der Waals surface area contributed by atoms with Crippen LogP contribution in [0.4, 0.5) is 5.82 Å². The van der Waals surface area contributed by atoms with Crippen molar-refractivity contribution >= 4 is 5.82 Å². The predicted octanol–water partition coefficient (Wildman–Crippen LogP) is 1.05. The summed E-state index contributed by atoms with van der Waals surface area (Å²) in [5, 5.41) is 0. The van der Waals surface area contributed by atoms with Crippen molar-refractivity contribution in [3.8, 4) is 5.88 Å². The van der Waals surface area contributed by atoms with Crippen molar-refractivity contribution in [1.29, 1.82) is 0 Å². The van der Waals surface area contributed by atoms with E-state index in [2.05, 4.69) is 14.9 Å². The van der Waals surface area contributed by atoms with Gasteiger partial charge in [-0.1, -0.05) is 0 Å². The molecule has 1 fully saturated rings. The van der Waals surface area contributed by atoms with Crippen molar-refractivity contribution in [3.63, 3.8) is 0 Å². The molecule has 2 heterocycles. The van der Waals surface area contributed by atoms with Gasteiger partial charge in [-0.3, -0.25) is 0 Å². The zero-order valence-corrected chi connectivity index (χ0v) is 10.3. The molecule has 0 aromatic carbocycles. The van der Waals surface area contributed by atoms with Crippen LogP contribution >= 0.6 is 0 Å². The molecule has 1 atom stereocenters. The lowest BCUT2D eigenvalue weighted by molar-refractivity contribution is 0.387. The molecule has 1 saturated heterocycles. The summed E-state index contributed by atoms with van der Waals surface area (Å²) >= 11 is 0. The maximum atomic E-state index is 5.62. The molecule has 5 heteroatoms. The molecule has 0 saturated carbocycles. The van der Waals surface area contributed by atoms with Crippen molar-refractivity contribution in [1.82, 2.24) is 9.97 Å². The predicted molar refractivity (Wildman–Crippen MR) is 67.2 cm³/mol. The SMILES string of the molecule is COc1cc(N2CCCC(CCN)C2)ncn1. The van der Waals surface area contributed by atoms with Crippen molar-refractivity contribution < 1.29 is 4.74 Å². The van der Waals surface area contributed by atoms with Crippen LogP contribution in [0, 0.1) is 5.92 Å². The Kier molecular flexibility index (Phi) is 4.14. The van der Waals surface area contributed by atoms with Gasteiger partial charge in [-0.25, -0.2) is 9.97 Å². The standard InChI is InChI=1S/C12H20N4O/c1-17-12-7-11(14-9-15-12)16-6-2-3-10(8-16)4-5-13/h7,9-10H,2-6,8,13H2,1H3. The van der Waals surface area contributed by atoms with E-state index in [-0.39, 0.29) is 0 Å². The molecule has 1 aliphatic rings. The minimum Gasteiger partial charge on any atom is -0.481 e. The van der Waals surface area contributed by atoms with Gasteiger partial charge in [0.1, 0.15) is 12.1 Å². The van der Waals surface area contributed by atoms with E-state index in [1.165, 1.54) is 12.8 Å². The average Bonchev–Trinajstić information content (AvgIpc) is 2.40. The topological polar surface area (TPSA) is 64.3 Å². The molecular formula is C12H20N4O. The van der Waals surface area contributed by atoms with Gasteiger partial charge < -0.3 is 15.4 Å². The molecule has 0 aliphatic carbocycles. The van der Waals surface area contributed by atoms with Crippen molar-refractivity contribution in [3.05, 3.63) is 12.4 Å². The molecule has 5 nitrogen and oxygen atoms in total. The summed E-state index contributed by atoms with van der Waals surface area (Å²) in [6.45, 7) is 2.87. The normalized spacial score (nSPS) is 20.4. The van der Waals surface area contributed by atoms with Crippen LogP contribution in [0.15, 0.2) is 12.4 Å². The Balaban J connectivity index is 2.05. The number of aromatic nitrogens is 2. The minimum atomic E-state index is 0.621. The van der Waals surface area contributed by atoms with E-state index in [9.17, 15) is 0 Å². The van der Waals surface area contributed by atoms with E-state index in [0.717, 1.165) is 31.9 Å². The summed E-state index contributed by atoms with van der Waals surface area (Å²) < 4.78 is 5.12. The Labute approximate surface area is 102 Å². The molecule has 2 rings (SSSR count). The largest absolute Gasteiger partial charge is 0.481 e. The van der Waals surface area contributed by atoms with Gasteiger partial charge in [-0.15, -0.1) is 0 Å². The molecule has 0 radical (unpaired) electrons. The minimum absolute atomic E-state index is 0.621. The summed E-state index contributed by atoms with van der Waals surface area (Å²) in [4.78, 5) is 10.6. The summed E-state index contributed by atoms with van der Waals surface area (Å²) in [5.41, 5.74) is 5.62. The van der Waals surface area contributed by atoms with Crippen molar-refractivity contribution in [2.45, 2.75) is 19.3 Å². The number of rotatable bonds is 4. The Morgan fingerprint density at radius 2 is 2.41 bits per heavy atom.